The average molecular weight is 670 g/mol. The Hall–Kier alpha value is -6.39. The third-order valence-corrected chi connectivity index (χ3v) is 10.4. The lowest BCUT2D eigenvalue weighted by Gasteiger charge is -2.18. The van der Waals surface area contributed by atoms with Crippen LogP contribution in [0, 0.1) is 5.92 Å². The van der Waals surface area contributed by atoms with Crippen molar-refractivity contribution < 1.29 is 4.42 Å². The number of aromatic nitrogens is 3. The normalized spacial score (nSPS) is 15.5. The van der Waals surface area contributed by atoms with Crippen LogP contribution in [0.5, 0.6) is 0 Å². The van der Waals surface area contributed by atoms with Gasteiger partial charge in [0.05, 0.1) is 0 Å². The van der Waals surface area contributed by atoms with E-state index >= 15 is 0 Å². The highest BCUT2D eigenvalue weighted by Crippen LogP contribution is 2.43. The fourth-order valence-electron chi connectivity index (χ4n) is 7.83. The standard InChI is InChI=1S/C48H35N3O/c1-30-25-42(44-41-18-10-17-40(45(41)52-43(44)26-30)38-23-19-32-13-8-9-16-34(32)28-38)48-50-46(33-14-6-3-7-15-33)49-47(51-48)39-24-22-36-27-35(20-21-37(36)29-39)31-11-4-2-5-12-31/h3-4,6-25,27-30H,2,5,26H2,1H3. The number of para-hydroxylation sites is 1. The molecular weight excluding hydrogens is 635 g/mol. The highest BCUT2D eigenvalue weighted by atomic mass is 16.3. The molecule has 4 heteroatoms. The maximum absolute atomic E-state index is 6.82. The summed E-state index contributed by atoms with van der Waals surface area (Å²) in [5, 5.41) is 5.86. The smallest absolute Gasteiger partial charge is 0.164 e. The summed E-state index contributed by atoms with van der Waals surface area (Å²) in [6.45, 7) is 2.23. The second kappa shape index (κ2) is 12.4. The van der Waals surface area contributed by atoms with E-state index in [1.54, 1.807) is 0 Å². The molecule has 0 N–H and O–H groups in total. The molecule has 0 bridgehead atoms. The maximum atomic E-state index is 6.82. The molecule has 10 rings (SSSR count). The van der Waals surface area contributed by atoms with Crippen LogP contribution in [-0.4, -0.2) is 15.0 Å². The number of hydrogen-bond acceptors (Lipinski definition) is 4. The number of fused-ring (bicyclic) bond motifs is 5. The molecule has 4 nitrogen and oxygen atoms in total. The summed E-state index contributed by atoms with van der Waals surface area (Å²) in [5.41, 5.74) is 9.62. The Balaban J connectivity index is 1.12. The molecule has 0 amide bonds. The Morgan fingerprint density at radius 3 is 2.08 bits per heavy atom. The lowest BCUT2D eigenvalue weighted by molar-refractivity contribution is 0.512. The number of rotatable bonds is 5. The Bertz CT molecular complexity index is 2790. The molecule has 0 fully saturated rings. The molecule has 6 aromatic carbocycles. The number of hydrogen-bond donors (Lipinski definition) is 0. The van der Waals surface area contributed by atoms with E-state index in [0.717, 1.165) is 74.8 Å². The van der Waals surface area contributed by atoms with Crippen LogP contribution < -0.4 is 0 Å². The highest BCUT2D eigenvalue weighted by Gasteiger charge is 2.28. The first-order valence-corrected chi connectivity index (χ1v) is 18.1. The minimum absolute atomic E-state index is 0.247. The molecule has 1 atom stereocenters. The van der Waals surface area contributed by atoms with Crippen LogP contribution >= 0.6 is 0 Å². The zero-order chi connectivity index (χ0) is 34.6. The van der Waals surface area contributed by atoms with Crippen molar-refractivity contribution in [3.05, 3.63) is 174 Å². The number of benzene rings is 6. The number of allylic oxidation sites excluding steroid dienone is 5. The molecule has 0 radical (unpaired) electrons. The lowest BCUT2D eigenvalue weighted by atomic mass is 9.87. The second-order valence-electron chi connectivity index (χ2n) is 14.0. The van der Waals surface area contributed by atoms with Gasteiger partial charge in [-0.25, -0.2) is 15.0 Å². The van der Waals surface area contributed by atoms with E-state index in [1.807, 2.05) is 18.2 Å². The van der Waals surface area contributed by atoms with Gasteiger partial charge in [0.15, 0.2) is 17.5 Å². The van der Waals surface area contributed by atoms with Crippen molar-refractivity contribution >= 4 is 43.7 Å². The van der Waals surface area contributed by atoms with Crippen LogP contribution in [0.15, 0.2) is 156 Å². The van der Waals surface area contributed by atoms with Crippen LogP contribution in [0.2, 0.25) is 0 Å². The van der Waals surface area contributed by atoms with E-state index in [9.17, 15) is 0 Å². The SMILES string of the molecule is CC1C=C(c2nc(-c3ccccc3)nc(-c3ccc4cc(C5=CCCC=C5)ccc4c3)n2)c2c(oc3c(-c4ccc5ccccc5c4)cccc23)C1. The van der Waals surface area contributed by atoms with Gasteiger partial charge in [-0.3, -0.25) is 0 Å². The van der Waals surface area contributed by atoms with E-state index in [1.165, 1.54) is 27.3 Å². The van der Waals surface area contributed by atoms with Gasteiger partial charge in [0.1, 0.15) is 11.3 Å². The topological polar surface area (TPSA) is 51.8 Å². The van der Waals surface area contributed by atoms with Crippen LogP contribution in [0.4, 0.5) is 0 Å². The molecular formula is C48H35N3O. The van der Waals surface area contributed by atoms with E-state index in [-0.39, 0.29) is 5.92 Å². The van der Waals surface area contributed by atoms with Crippen molar-refractivity contribution in [1.82, 2.24) is 15.0 Å². The number of furan rings is 1. The lowest BCUT2D eigenvalue weighted by Crippen LogP contribution is -2.10. The molecule has 0 saturated carbocycles. The minimum Gasteiger partial charge on any atom is -0.460 e. The van der Waals surface area contributed by atoms with Crippen molar-refractivity contribution in [1.29, 1.82) is 0 Å². The van der Waals surface area contributed by atoms with Gasteiger partial charge in [0.2, 0.25) is 0 Å². The van der Waals surface area contributed by atoms with Crippen molar-refractivity contribution in [3.63, 3.8) is 0 Å². The summed E-state index contributed by atoms with van der Waals surface area (Å²) in [5.74, 6) is 3.18. The Morgan fingerprint density at radius 2 is 1.25 bits per heavy atom. The fraction of sp³-hybridized carbons (Fsp3) is 0.104. The predicted octanol–water partition coefficient (Wildman–Crippen LogP) is 12.3. The molecule has 248 valence electrons. The van der Waals surface area contributed by atoms with Gasteiger partial charge in [-0.2, -0.15) is 0 Å². The summed E-state index contributed by atoms with van der Waals surface area (Å²) in [7, 11) is 0. The Kier molecular flexibility index (Phi) is 7.28. The van der Waals surface area contributed by atoms with Crippen molar-refractivity contribution in [3.8, 4) is 33.9 Å². The first kappa shape index (κ1) is 30.4. The molecule has 8 aromatic rings. The van der Waals surface area contributed by atoms with E-state index in [0.29, 0.717) is 17.5 Å². The van der Waals surface area contributed by atoms with E-state index < -0.39 is 0 Å². The van der Waals surface area contributed by atoms with Gasteiger partial charge in [0.25, 0.3) is 0 Å². The van der Waals surface area contributed by atoms with Crippen molar-refractivity contribution in [2.45, 2.75) is 26.2 Å². The summed E-state index contributed by atoms with van der Waals surface area (Å²) in [4.78, 5) is 15.5. The average Bonchev–Trinajstić information content (AvgIpc) is 3.59. The van der Waals surface area contributed by atoms with Crippen LogP contribution in [-0.2, 0) is 6.42 Å². The summed E-state index contributed by atoms with van der Waals surface area (Å²) < 4.78 is 6.82. The van der Waals surface area contributed by atoms with Crippen molar-refractivity contribution in [2.75, 3.05) is 0 Å². The molecule has 2 aliphatic rings. The molecule has 0 spiro atoms. The van der Waals surface area contributed by atoms with Crippen LogP contribution in [0.25, 0.3) is 77.6 Å². The van der Waals surface area contributed by atoms with Crippen LogP contribution in [0.1, 0.15) is 42.5 Å². The molecule has 1 unspecified atom stereocenters. The third-order valence-electron chi connectivity index (χ3n) is 10.4. The van der Waals surface area contributed by atoms with Gasteiger partial charge in [-0.1, -0.05) is 140 Å². The summed E-state index contributed by atoms with van der Waals surface area (Å²) in [6.07, 6.45) is 12.1. The quantitative estimate of drug-likeness (QED) is 0.183. The van der Waals surface area contributed by atoms with Crippen LogP contribution in [0.3, 0.4) is 0 Å². The van der Waals surface area contributed by atoms with Gasteiger partial charge in [-0.05, 0) is 75.2 Å². The molecule has 2 heterocycles. The maximum Gasteiger partial charge on any atom is 0.164 e. The van der Waals surface area contributed by atoms with E-state index in [2.05, 4.69) is 140 Å². The summed E-state index contributed by atoms with van der Waals surface area (Å²) in [6, 6.07) is 45.0. The minimum atomic E-state index is 0.247. The second-order valence-corrected chi connectivity index (χ2v) is 14.0. The van der Waals surface area contributed by atoms with E-state index in [4.69, 9.17) is 19.4 Å². The first-order valence-electron chi connectivity index (χ1n) is 18.1. The molecule has 2 aliphatic carbocycles. The fourth-order valence-corrected chi connectivity index (χ4v) is 7.83. The van der Waals surface area contributed by atoms with Gasteiger partial charge >= 0.3 is 0 Å². The monoisotopic (exact) mass is 669 g/mol. The molecule has 0 saturated heterocycles. The van der Waals surface area contributed by atoms with Gasteiger partial charge < -0.3 is 4.42 Å². The van der Waals surface area contributed by atoms with Gasteiger partial charge in [0, 0.05) is 39.6 Å². The molecule has 52 heavy (non-hydrogen) atoms. The Labute approximate surface area is 302 Å². The largest absolute Gasteiger partial charge is 0.460 e. The third kappa shape index (κ3) is 5.35. The van der Waals surface area contributed by atoms with Crippen molar-refractivity contribution in [2.24, 2.45) is 5.92 Å². The Morgan fingerprint density at radius 1 is 0.577 bits per heavy atom. The zero-order valence-corrected chi connectivity index (χ0v) is 28.9. The summed E-state index contributed by atoms with van der Waals surface area (Å²) >= 11 is 0. The number of nitrogens with zero attached hydrogens (tertiary/aromatic N) is 3. The zero-order valence-electron chi connectivity index (χ0n) is 28.9. The van der Waals surface area contributed by atoms with Gasteiger partial charge in [-0.15, -0.1) is 0 Å². The highest BCUT2D eigenvalue weighted by molar-refractivity contribution is 6.04. The molecule has 0 aliphatic heterocycles. The first-order chi connectivity index (χ1) is 25.6. The molecule has 2 aromatic heterocycles. The predicted molar refractivity (Wildman–Crippen MR) is 214 cm³/mol.